The highest BCUT2D eigenvalue weighted by molar-refractivity contribution is 7.10. The molecule has 0 aromatic carbocycles. The van der Waals surface area contributed by atoms with Crippen molar-refractivity contribution in [2.45, 2.75) is 19.4 Å². The summed E-state index contributed by atoms with van der Waals surface area (Å²) in [7, 11) is 0. The van der Waals surface area contributed by atoms with Crippen LogP contribution in [0.2, 0.25) is 0 Å². The first-order chi connectivity index (χ1) is 5.27. The molecule has 3 heteroatoms. The van der Waals surface area contributed by atoms with Crippen LogP contribution in [-0.4, -0.2) is 0 Å². The Morgan fingerprint density at radius 1 is 1.82 bits per heavy atom. The standard InChI is InChI=1S/C8H10N2S/c1-2-8(10)6-3-7(4-9)11-5-6/h3,5,8H,2,10H2,1H3/t8-/m1/s1. The van der Waals surface area contributed by atoms with E-state index >= 15 is 0 Å². The van der Waals surface area contributed by atoms with Crippen LogP contribution in [0, 0.1) is 11.3 Å². The lowest BCUT2D eigenvalue weighted by molar-refractivity contribution is 0.701. The van der Waals surface area contributed by atoms with E-state index in [2.05, 4.69) is 6.07 Å². The van der Waals surface area contributed by atoms with E-state index in [-0.39, 0.29) is 6.04 Å². The van der Waals surface area contributed by atoms with Crippen molar-refractivity contribution in [3.8, 4) is 6.07 Å². The summed E-state index contributed by atoms with van der Waals surface area (Å²) in [5, 5.41) is 10.5. The van der Waals surface area contributed by atoms with Crippen molar-refractivity contribution in [2.75, 3.05) is 0 Å². The molecule has 0 unspecified atom stereocenters. The summed E-state index contributed by atoms with van der Waals surface area (Å²) in [6.07, 6.45) is 0.918. The van der Waals surface area contributed by atoms with Gasteiger partial charge < -0.3 is 5.73 Å². The molecule has 1 heterocycles. The zero-order valence-corrected chi connectivity index (χ0v) is 7.19. The van der Waals surface area contributed by atoms with Crippen molar-refractivity contribution in [1.29, 1.82) is 5.26 Å². The molecule has 1 rings (SSSR count). The highest BCUT2D eigenvalue weighted by Crippen LogP contribution is 2.20. The Balaban J connectivity index is 2.82. The normalized spacial score (nSPS) is 12.5. The van der Waals surface area contributed by atoms with E-state index in [1.54, 1.807) is 0 Å². The van der Waals surface area contributed by atoms with Gasteiger partial charge in [0.05, 0.1) is 0 Å². The maximum atomic E-state index is 8.53. The molecule has 0 aliphatic heterocycles. The maximum Gasteiger partial charge on any atom is 0.110 e. The average molecular weight is 166 g/mol. The minimum absolute atomic E-state index is 0.0911. The number of nitriles is 1. The quantitative estimate of drug-likeness (QED) is 0.730. The number of nitrogens with zero attached hydrogens (tertiary/aromatic N) is 1. The molecule has 0 aliphatic rings. The smallest absolute Gasteiger partial charge is 0.110 e. The third-order valence-electron chi connectivity index (χ3n) is 1.60. The lowest BCUT2D eigenvalue weighted by Crippen LogP contribution is -2.06. The van der Waals surface area contributed by atoms with Gasteiger partial charge in [-0.3, -0.25) is 0 Å². The first-order valence-electron chi connectivity index (χ1n) is 3.52. The van der Waals surface area contributed by atoms with Gasteiger partial charge in [0.15, 0.2) is 0 Å². The Morgan fingerprint density at radius 2 is 2.55 bits per heavy atom. The van der Waals surface area contributed by atoms with Crippen LogP contribution in [-0.2, 0) is 0 Å². The first-order valence-corrected chi connectivity index (χ1v) is 4.40. The molecule has 0 radical (unpaired) electrons. The minimum Gasteiger partial charge on any atom is -0.324 e. The van der Waals surface area contributed by atoms with Crippen LogP contribution in [0.5, 0.6) is 0 Å². The maximum absolute atomic E-state index is 8.53. The fourth-order valence-corrected chi connectivity index (χ4v) is 1.60. The van der Waals surface area contributed by atoms with Crippen LogP contribution in [0.15, 0.2) is 11.4 Å². The van der Waals surface area contributed by atoms with Crippen LogP contribution in [0.3, 0.4) is 0 Å². The van der Waals surface area contributed by atoms with E-state index in [4.69, 9.17) is 11.0 Å². The van der Waals surface area contributed by atoms with Gasteiger partial charge in [0.25, 0.3) is 0 Å². The predicted molar refractivity (Wildman–Crippen MR) is 46.3 cm³/mol. The molecule has 0 amide bonds. The Morgan fingerprint density at radius 3 is 3.00 bits per heavy atom. The van der Waals surface area contributed by atoms with E-state index in [1.807, 2.05) is 18.4 Å². The summed E-state index contributed by atoms with van der Waals surface area (Å²) >= 11 is 1.45. The van der Waals surface area contributed by atoms with Gasteiger partial charge in [0, 0.05) is 6.04 Å². The second kappa shape index (κ2) is 3.51. The van der Waals surface area contributed by atoms with Gasteiger partial charge in [-0.2, -0.15) is 5.26 Å². The van der Waals surface area contributed by atoms with Crippen LogP contribution in [0.4, 0.5) is 0 Å². The molecule has 2 N–H and O–H groups in total. The molecule has 11 heavy (non-hydrogen) atoms. The van der Waals surface area contributed by atoms with E-state index in [9.17, 15) is 0 Å². The third kappa shape index (κ3) is 1.79. The van der Waals surface area contributed by atoms with Gasteiger partial charge in [-0.05, 0) is 23.4 Å². The number of thiophene rings is 1. The molecule has 0 spiro atoms. The van der Waals surface area contributed by atoms with Crippen molar-refractivity contribution in [2.24, 2.45) is 5.73 Å². The van der Waals surface area contributed by atoms with Gasteiger partial charge in [-0.1, -0.05) is 6.92 Å². The second-order valence-electron chi connectivity index (χ2n) is 2.37. The predicted octanol–water partition coefficient (Wildman–Crippen LogP) is 2.03. The summed E-state index contributed by atoms with van der Waals surface area (Å²) in [5.41, 5.74) is 6.84. The Labute approximate surface area is 70.3 Å². The van der Waals surface area contributed by atoms with Crippen molar-refractivity contribution >= 4 is 11.3 Å². The number of hydrogen-bond acceptors (Lipinski definition) is 3. The zero-order valence-electron chi connectivity index (χ0n) is 6.37. The molecule has 1 aromatic heterocycles. The van der Waals surface area contributed by atoms with Crippen LogP contribution in [0.25, 0.3) is 0 Å². The molecule has 0 saturated heterocycles. The molecule has 0 bridgehead atoms. The highest BCUT2D eigenvalue weighted by atomic mass is 32.1. The Kier molecular flexibility index (Phi) is 2.64. The number of hydrogen-bond donors (Lipinski definition) is 1. The summed E-state index contributed by atoms with van der Waals surface area (Å²) in [6.45, 7) is 2.04. The molecule has 1 aromatic rings. The van der Waals surface area contributed by atoms with Crippen LogP contribution >= 0.6 is 11.3 Å². The van der Waals surface area contributed by atoms with Crippen LogP contribution in [0.1, 0.15) is 29.8 Å². The molecule has 0 aliphatic carbocycles. The molecule has 2 nitrogen and oxygen atoms in total. The van der Waals surface area contributed by atoms with Crippen molar-refractivity contribution in [3.63, 3.8) is 0 Å². The van der Waals surface area contributed by atoms with E-state index < -0.39 is 0 Å². The topological polar surface area (TPSA) is 49.8 Å². The summed E-state index contributed by atoms with van der Waals surface area (Å²) < 4.78 is 0. The molecule has 1 atom stereocenters. The highest BCUT2D eigenvalue weighted by Gasteiger charge is 2.05. The average Bonchev–Trinajstić information content (AvgIpc) is 2.50. The van der Waals surface area contributed by atoms with Crippen molar-refractivity contribution < 1.29 is 0 Å². The van der Waals surface area contributed by atoms with E-state index in [0.717, 1.165) is 16.9 Å². The fourth-order valence-electron chi connectivity index (χ4n) is 0.840. The number of nitrogens with two attached hydrogens (primary N) is 1. The Bertz CT molecular complexity index is 272. The lowest BCUT2D eigenvalue weighted by Gasteiger charge is -2.03. The van der Waals surface area contributed by atoms with E-state index in [0.29, 0.717) is 0 Å². The zero-order chi connectivity index (χ0) is 8.27. The van der Waals surface area contributed by atoms with E-state index in [1.165, 1.54) is 11.3 Å². The first kappa shape index (κ1) is 8.25. The molecule has 0 saturated carbocycles. The molecule has 58 valence electrons. The molecule has 0 fully saturated rings. The lowest BCUT2D eigenvalue weighted by atomic mass is 10.1. The van der Waals surface area contributed by atoms with Crippen molar-refractivity contribution in [3.05, 3.63) is 21.9 Å². The molecular weight excluding hydrogens is 156 g/mol. The van der Waals surface area contributed by atoms with Gasteiger partial charge in [-0.15, -0.1) is 11.3 Å². The second-order valence-corrected chi connectivity index (χ2v) is 3.28. The van der Waals surface area contributed by atoms with Crippen molar-refractivity contribution in [1.82, 2.24) is 0 Å². The van der Waals surface area contributed by atoms with Gasteiger partial charge in [-0.25, -0.2) is 0 Å². The number of rotatable bonds is 2. The van der Waals surface area contributed by atoms with Crippen LogP contribution < -0.4 is 5.73 Å². The van der Waals surface area contributed by atoms with Gasteiger partial charge in [0.1, 0.15) is 10.9 Å². The SMILES string of the molecule is CC[C@@H](N)c1csc(C#N)c1. The Hall–Kier alpha value is -0.850. The minimum atomic E-state index is 0.0911. The summed E-state index contributed by atoms with van der Waals surface area (Å²) in [6, 6.07) is 4.04. The van der Waals surface area contributed by atoms with Gasteiger partial charge >= 0.3 is 0 Å². The fraction of sp³-hybridized carbons (Fsp3) is 0.375. The summed E-state index contributed by atoms with van der Waals surface area (Å²) in [4.78, 5) is 0.740. The van der Waals surface area contributed by atoms with Gasteiger partial charge in [0.2, 0.25) is 0 Å². The summed E-state index contributed by atoms with van der Waals surface area (Å²) in [5.74, 6) is 0. The third-order valence-corrected chi connectivity index (χ3v) is 2.45. The largest absolute Gasteiger partial charge is 0.324 e. The molecular formula is C8H10N2S. The monoisotopic (exact) mass is 166 g/mol.